The van der Waals surface area contributed by atoms with Crippen LogP contribution in [-0.4, -0.2) is 81.0 Å². The summed E-state index contributed by atoms with van der Waals surface area (Å²) in [4.78, 5) is 29.9. The third-order valence-corrected chi connectivity index (χ3v) is 6.73. The van der Waals surface area contributed by atoms with Gasteiger partial charge in [0.05, 0.1) is 23.8 Å². The van der Waals surface area contributed by atoms with Crippen LogP contribution in [0.15, 0.2) is 36.5 Å². The van der Waals surface area contributed by atoms with Crippen molar-refractivity contribution in [2.75, 3.05) is 20.1 Å². The Morgan fingerprint density at radius 1 is 1.15 bits per heavy atom. The first-order valence-corrected chi connectivity index (χ1v) is 11.8. The number of urea groups is 1. The van der Waals surface area contributed by atoms with Gasteiger partial charge in [0.2, 0.25) is 5.91 Å². The molecule has 178 valence electrons. The number of nitrogens with zero attached hydrogens (tertiary/aromatic N) is 5. The smallest absolute Gasteiger partial charge is 0.317 e. The zero-order chi connectivity index (χ0) is 23.5. The normalized spacial score (nSPS) is 23.1. The molecule has 2 aliphatic rings. The molecule has 3 amide bonds. The number of carbonyl (C=O) groups excluding carboxylic acids is 2. The van der Waals surface area contributed by atoms with Gasteiger partial charge in [-0.3, -0.25) is 9.48 Å². The van der Waals surface area contributed by atoms with E-state index in [1.807, 2.05) is 59.6 Å². The number of likely N-dealkylation sites (tertiary alicyclic amines) is 2. The lowest BCUT2D eigenvalue weighted by atomic mass is 9.99. The third kappa shape index (κ3) is 5.03. The molecule has 4 atom stereocenters. The number of benzene rings is 1. The largest absolute Gasteiger partial charge is 0.336 e. The molecule has 0 spiro atoms. The van der Waals surface area contributed by atoms with Crippen LogP contribution in [0.3, 0.4) is 0 Å². The molecular formula is C24H35N7O2. The lowest BCUT2D eigenvalue weighted by Crippen LogP contribution is -2.50. The lowest BCUT2D eigenvalue weighted by Gasteiger charge is -2.30. The highest BCUT2D eigenvalue weighted by atomic mass is 16.2. The summed E-state index contributed by atoms with van der Waals surface area (Å²) in [5, 5.41) is 14.8. The van der Waals surface area contributed by atoms with Crippen LogP contribution in [0.2, 0.25) is 0 Å². The van der Waals surface area contributed by atoms with Crippen molar-refractivity contribution >= 4 is 11.9 Å². The zero-order valence-corrected chi connectivity index (χ0v) is 19.9. The summed E-state index contributed by atoms with van der Waals surface area (Å²) in [5.74, 6) is 0.180. The van der Waals surface area contributed by atoms with Gasteiger partial charge in [-0.1, -0.05) is 35.5 Å². The van der Waals surface area contributed by atoms with Gasteiger partial charge in [0.25, 0.3) is 0 Å². The molecular weight excluding hydrogens is 418 g/mol. The highest BCUT2D eigenvalue weighted by molar-refractivity contribution is 5.83. The second-order valence-corrected chi connectivity index (χ2v) is 9.50. The Morgan fingerprint density at radius 3 is 2.61 bits per heavy atom. The summed E-state index contributed by atoms with van der Waals surface area (Å²) in [7, 11) is 1.80. The highest BCUT2D eigenvalue weighted by Gasteiger charge is 2.52. The fraction of sp³-hybridized carbons (Fsp3) is 0.583. The Morgan fingerprint density at radius 2 is 1.91 bits per heavy atom. The molecule has 9 nitrogen and oxygen atoms in total. The second-order valence-electron chi connectivity index (χ2n) is 9.50. The number of likely N-dealkylation sites (N-methyl/N-ethyl adjacent to an activating group) is 1. The standard InChI is InChI=1S/C24H35N7O2/c1-16(2)26-24(33)31-14-19(22-21(31)10-11-30(22)23(32)17(3)25-4)13-29-15-20(27-28-29)12-18-8-6-5-7-9-18/h5-9,15-17,19,21-22,25H,10-14H2,1-4H3,(H,26,33). The average Bonchev–Trinajstić information content (AvgIpc) is 3.50. The van der Waals surface area contributed by atoms with E-state index in [0.717, 1.165) is 18.5 Å². The van der Waals surface area contributed by atoms with Crippen molar-refractivity contribution in [3.05, 3.63) is 47.8 Å². The number of nitrogens with one attached hydrogen (secondary N) is 2. The summed E-state index contributed by atoms with van der Waals surface area (Å²) < 4.78 is 1.87. The number of fused-ring (bicyclic) bond motifs is 1. The summed E-state index contributed by atoms with van der Waals surface area (Å²) >= 11 is 0. The van der Waals surface area contributed by atoms with E-state index >= 15 is 0 Å². The van der Waals surface area contributed by atoms with Gasteiger partial charge in [0, 0.05) is 44.2 Å². The molecule has 2 aromatic rings. The van der Waals surface area contributed by atoms with Gasteiger partial charge >= 0.3 is 6.03 Å². The molecule has 1 aromatic carbocycles. The third-order valence-electron chi connectivity index (χ3n) is 6.73. The maximum absolute atomic E-state index is 13.1. The van der Waals surface area contributed by atoms with Gasteiger partial charge in [-0.05, 0) is 39.8 Å². The van der Waals surface area contributed by atoms with E-state index in [1.54, 1.807) is 7.05 Å². The van der Waals surface area contributed by atoms with E-state index in [9.17, 15) is 9.59 Å². The topological polar surface area (TPSA) is 95.4 Å². The van der Waals surface area contributed by atoms with Gasteiger partial charge < -0.3 is 20.4 Å². The van der Waals surface area contributed by atoms with Crippen LogP contribution in [-0.2, 0) is 17.8 Å². The van der Waals surface area contributed by atoms with Crippen LogP contribution in [0.25, 0.3) is 0 Å². The van der Waals surface area contributed by atoms with Crippen molar-refractivity contribution in [1.29, 1.82) is 0 Å². The zero-order valence-electron chi connectivity index (χ0n) is 19.9. The summed E-state index contributed by atoms with van der Waals surface area (Å²) in [6.45, 7) is 7.69. The molecule has 3 heterocycles. The van der Waals surface area contributed by atoms with E-state index < -0.39 is 0 Å². The molecule has 2 aliphatic heterocycles. The Kier molecular flexibility index (Phi) is 6.97. The Balaban J connectivity index is 1.52. The van der Waals surface area contributed by atoms with Gasteiger partial charge in [-0.2, -0.15) is 0 Å². The number of carbonyl (C=O) groups is 2. The van der Waals surface area contributed by atoms with Crippen LogP contribution in [0.4, 0.5) is 4.79 Å². The Labute approximate surface area is 195 Å². The van der Waals surface area contributed by atoms with Crippen molar-refractivity contribution in [3.63, 3.8) is 0 Å². The van der Waals surface area contributed by atoms with Gasteiger partial charge in [-0.15, -0.1) is 5.10 Å². The molecule has 4 unspecified atom stereocenters. The number of hydrogen-bond donors (Lipinski definition) is 2. The van der Waals surface area contributed by atoms with Crippen molar-refractivity contribution in [2.24, 2.45) is 5.92 Å². The minimum atomic E-state index is -0.258. The fourth-order valence-corrected chi connectivity index (χ4v) is 5.12. The maximum atomic E-state index is 13.1. The number of hydrogen-bond acceptors (Lipinski definition) is 5. The molecule has 2 fully saturated rings. The highest BCUT2D eigenvalue weighted by Crippen LogP contribution is 2.37. The molecule has 0 radical (unpaired) electrons. The SMILES string of the molecule is CNC(C)C(=O)N1CCC2C1C(Cn1cc(Cc3ccccc3)nn1)CN2C(=O)NC(C)C. The predicted octanol–water partition coefficient (Wildman–Crippen LogP) is 1.50. The number of amides is 3. The monoisotopic (exact) mass is 453 g/mol. The first-order chi connectivity index (χ1) is 15.9. The molecule has 0 saturated carbocycles. The van der Waals surface area contributed by atoms with Gasteiger partial charge in [-0.25, -0.2) is 4.79 Å². The minimum absolute atomic E-state index is 0.0204. The Hall–Kier alpha value is -2.94. The summed E-state index contributed by atoms with van der Waals surface area (Å²) in [5.41, 5.74) is 2.10. The van der Waals surface area contributed by atoms with Gasteiger partial charge in [0.1, 0.15) is 0 Å². The van der Waals surface area contributed by atoms with Crippen molar-refractivity contribution in [1.82, 2.24) is 35.4 Å². The van der Waals surface area contributed by atoms with Gasteiger partial charge in [0.15, 0.2) is 0 Å². The quantitative estimate of drug-likeness (QED) is 0.662. The minimum Gasteiger partial charge on any atom is -0.336 e. The van der Waals surface area contributed by atoms with Crippen LogP contribution >= 0.6 is 0 Å². The molecule has 0 bridgehead atoms. The lowest BCUT2D eigenvalue weighted by molar-refractivity contribution is -0.134. The number of rotatable bonds is 7. The van der Waals surface area contributed by atoms with Crippen molar-refractivity contribution in [3.8, 4) is 0 Å². The molecule has 33 heavy (non-hydrogen) atoms. The van der Waals surface area contributed by atoms with Crippen molar-refractivity contribution in [2.45, 2.75) is 64.3 Å². The molecule has 4 rings (SSSR count). The van der Waals surface area contributed by atoms with E-state index in [-0.39, 0.29) is 42.0 Å². The molecule has 9 heteroatoms. The summed E-state index contributed by atoms with van der Waals surface area (Å²) in [6, 6.07) is 9.96. The van der Waals surface area contributed by atoms with Crippen LogP contribution in [0.5, 0.6) is 0 Å². The van der Waals surface area contributed by atoms with Crippen LogP contribution in [0.1, 0.15) is 38.4 Å². The first kappa shape index (κ1) is 23.2. The van der Waals surface area contributed by atoms with E-state index in [1.165, 1.54) is 5.56 Å². The molecule has 1 aromatic heterocycles. The molecule has 0 aliphatic carbocycles. The molecule has 2 saturated heterocycles. The second kappa shape index (κ2) is 9.91. The van der Waals surface area contributed by atoms with E-state index in [2.05, 4.69) is 33.1 Å². The van der Waals surface area contributed by atoms with E-state index in [4.69, 9.17) is 0 Å². The predicted molar refractivity (Wildman–Crippen MR) is 126 cm³/mol. The number of aromatic nitrogens is 3. The van der Waals surface area contributed by atoms with Crippen LogP contribution in [0, 0.1) is 5.92 Å². The van der Waals surface area contributed by atoms with Crippen molar-refractivity contribution < 1.29 is 9.59 Å². The fourth-order valence-electron chi connectivity index (χ4n) is 5.12. The van der Waals surface area contributed by atoms with E-state index in [0.29, 0.717) is 19.6 Å². The van der Waals surface area contributed by atoms with Crippen LogP contribution < -0.4 is 10.6 Å². The molecule has 2 N–H and O–H groups in total. The Bertz CT molecular complexity index is 961. The maximum Gasteiger partial charge on any atom is 0.317 e. The summed E-state index contributed by atoms with van der Waals surface area (Å²) in [6.07, 6.45) is 3.51. The first-order valence-electron chi connectivity index (χ1n) is 11.8. The average molecular weight is 454 g/mol.